The van der Waals surface area contributed by atoms with Gasteiger partial charge in [-0.05, 0) is 31.0 Å². The Kier molecular flexibility index (Phi) is 5.40. The first-order valence-corrected chi connectivity index (χ1v) is 10.6. The van der Waals surface area contributed by atoms with E-state index in [4.69, 9.17) is 0 Å². The molecule has 0 radical (unpaired) electrons. The standard InChI is InChI=1S/C22H20F2N8O2/c1-12(19-18(24)21(33)30-22(34)29-19)31-8-2-3-14(11-31)27-16-6-7-25-20(28-16)15-9-26-17-5-4-13(23)10-32(15)17/h4-7,9-10,14H,1-3,8,11H2,(H,25,27,28)(H2,29,30,33,34)/t14-/m1/s1. The molecule has 0 amide bonds. The lowest BCUT2D eigenvalue weighted by Gasteiger charge is -2.36. The highest BCUT2D eigenvalue weighted by Gasteiger charge is 2.24. The molecule has 34 heavy (non-hydrogen) atoms. The number of nitrogens with one attached hydrogen (secondary N) is 3. The molecule has 1 fully saturated rings. The van der Waals surface area contributed by atoms with Crippen molar-refractivity contribution < 1.29 is 8.78 Å². The summed E-state index contributed by atoms with van der Waals surface area (Å²) in [7, 11) is 0. The molecular weight excluding hydrogens is 446 g/mol. The second-order valence-corrected chi connectivity index (χ2v) is 7.96. The van der Waals surface area contributed by atoms with Crippen LogP contribution in [0, 0.1) is 11.6 Å². The zero-order chi connectivity index (χ0) is 23.8. The van der Waals surface area contributed by atoms with E-state index >= 15 is 0 Å². The van der Waals surface area contributed by atoms with Gasteiger partial charge < -0.3 is 15.2 Å². The predicted octanol–water partition coefficient (Wildman–Crippen LogP) is 1.99. The zero-order valence-corrected chi connectivity index (χ0v) is 17.9. The normalized spacial score (nSPS) is 16.1. The number of piperidine rings is 1. The van der Waals surface area contributed by atoms with E-state index < -0.39 is 22.9 Å². The van der Waals surface area contributed by atoms with Crippen molar-refractivity contribution in [1.82, 2.24) is 34.2 Å². The first kappa shape index (κ1) is 21.5. The Hall–Kier alpha value is -4.35. The number of rotatable bonds is 5. The number of aromatic nitrogens is 6. The molecule has 12 heteroatoms. The monoisotopic (exact) mass is 466 g/mol. The van der Waals surface area contributed by atoms with E-state index in [1.807, 2.05) is 9.88 Å². The molecule has 5 heterocycles. The number of H-pyrrole nitrogens is 2. The Morgan fingerprint density at radius 1 is 1.18 bits per heavy atom. The molecule has 0 aromatic carbocycles. The Morgan fingerprint density at radius 3 is 2.88 bits per heavy atom. The van der Waals surface area contributed by atoms with Gasteiger partial charge in [-0.1, -0.05) is 6.58 Å². The lowest BCUT2D eigenvalue weighted by atomic mass is 10.0. The molecule has 5 rings (SSSR count). The molecule has 0 saturated carbocycles. The molecule has 0 aliphatic carbocycles. The Morgan fingerprint density at radius 2 is 2.03 bits per heavy atom. The van der Waals surface area contributed by atoms with Gasteiger partial charge in [0.25, 0.3) is 5.56 Å². The quantitative estimate of drug-likeness (QED) is 0.411. The van der Waals surface area contributed by atoms with Gasteiger partial charge in [0.05, 0.1) is 11.9 Å². The molecule has 4 aromatic heterocycles. The highest BCUT2D eigenvalue weighted by molar-refractivity contribution is 5.60. The summed E-state index contributed by atoms with van der Waals surface area (Å²) in [5, 5.41) is 3.35. The molecule has 0 spiro atoms. The van der Waals surface area contributed by atoms with Crippen molar-refractivity contribution in [3.8, 4) is 11.5 Å². The molecule has 1 aliphatic rings. The Bertz CT molecular complexity index is 1510. The average molecular weight is 466 g/mol. The first-order valence-electron chi connectivity index (χ1n) is 10.6. The summed E-state index contributed by atoms with van der Waals surface area (Å²) < 4.78 is 29.6. The first-order chi connectivity index (χ1) is 16.4. The maximum Gasteiger partial charge on any atom is 0.326 e. The van der Waals surface area contributed by atoms with E-state index in [1.165, 1.54) is 12.3 Å². The van der Waals surface area contributed by atoms with E-state index in [0.29, 0.717) is 36.1 Å². The predicted molar refractivity (Wildman–Crippen MR) is 121 cm³/mol. The average Bonchev–Trinajstić information content (AvgIpc) is 3.24. The van der Waals surface area contributed by atoms with E-state index in [2.05, 4.69) is 31.8 Å². The van der Waals surface area contributed by atoms with Crippen LogP contribution in [-0.4, -0.2) is 53.4 Å². The van der Waals surface area contributed by atoms with Crippen LogP contribution < -0.4 is 16.6 Å². The molecular formula is C22H20F2N8O2. The van der Waals surface area contributed by atoms with Gasteiger partial charge in [0.1, 0.15) is 28.7 Å². The second-order valence-electron chi connectivity index (χ2n) is 7.96. The second kappa shape index (κ2) is 8.54. The smallest absolute Gasteiger partial charge is 0.326 e. The summed E-state index contributed by atoms with van der Waals surface area (Å²) in [6.07, 6.45) is 6.09. The highest BCUT2D eigenvalue weighted by atomic mass is 19.1. The number of halogens is 2. The molecule has 1 saturated heterocycles. The molecule has 0 unspecified atom stereocenters. The van der Waals surface area contributed by atoms with E-state index in [-0.39, 0.29) is 17.4 Å². The SMILES string of the molecule is C=C(c1[nH]c(=O)[nH]c(=O)c1F)N1CCC[C@@H](Nc2ccnc(-c3cnc4ccc(F)cn34)n2)C1. The number of hydrogen-bond acceptors (Lipinski definition) is 7. The number of likely N-dealkylation sites (tertiary alicyclic amines) is 1. The maximum atomic E-state index is 14.3. The molecule has 4 aromatic rings. The fourth-order valence-corrected chi connectivity index (χ4v) is 4.06. The number of aromatic amines is 2. The highest BCUT2D eigenvalue weighted by Crippen LogP contribution is 2.24. The molecule has 1 atom stereocenters. The summed E-state index contributed by atoms with van der Waals surface area (Å²) in [4.78, 5) is 42.3. The van der Waals surface area contributed by atoms with Gasteiger partial charge >= 0.3 is 5.69 Å². The summed E-state index contributed by atoms with van der Waals surface area (Å²) in [6, 6.07) is 4.56. The summed E-state index contributed by atoms with van der Waals surface area (Å²) in [6.45, 7) is 4.93. The minimum Gasteiger partial charge on any atom is -0.368 e. The number of pyridine rings is 1. The van der Waals surface area contributed by atoms with Gasteiger partial charge in [-0.3, -0.25) is 14.2 Å². The van der Waals surface area contributed by atoms with Gasteiger partial charge in [0, 0.05) is 31.5 Å². The van der Waals surface area contributed by atoms with Crippen LogP contribution in [-0.2, 0) is 0 Å². The Labute approximate surface area is 191 Å². The topological polar surface area (TPSA) is 124 Å². The third-order valence-electron chi connectivity index (χ3n) is 5.68. The molecule has 10 nitrogen and oxygen atoms in total. The number of imidazole rings is 1. The number of hydrogen-bond donors (Lipinski definition) is 3. The van der Waals surface area contributed by atoms with Crippen LogP contribution in [0.1, 0.15) is 18.5 Å². The van der Waals surface area contributed by atoms with Crippen LogP contribution in [0.2, 0.25) is 0 Å². The molecule has 3 N–H and O–H groups in total. The van der Waals surface area contributed by atoms with Crippen molar-refractivity contribution in [2.45, 2.75) is 18.9 Å². The van der Waals surface area contributed by atoms with E-state index in [9.17, 15) is 18.4 Å². The van der Waals surface area contributed by atoms with Crippen molar-refractivity contribution in [2.24, 2.45) is 0 Å². The van der Waals surface area contributed by atoms with Gasteiger partial charge in [0.15, 0.2) is 5.82 Å². The maximum absolute atomic E-state index is 14.3. The van der Waals surface area contributed by atoms with Crippen molar-refractivity contribution in [1.29, 1.82) is 0 Å². The lowest BCUT2D eigenvalue weighted by Crippen LogP contribution is -2.42. The molecule has 0 bridgehead atoms. The third-order valence-corrected chi connectivity index (χ3v) is 5.68. The van der Waals surface area contributed by atoms with Gasteiger partial charge in [-0.15, -0.1) is 0 Å². The van der Waals surface area contributed by atoms with Gasteiger partial charge in [0.2, 0.25) is 5.82 Å². The number of anilines is 1. The van der Waals surface area contributed by atoms with Crippen LogP contribution >= 0.6 is 0 Å². The van der Waals surface area contributed by atoms with Crippen molar-refractivity contribution in [3.05, 3.63) is 81.5 Å². The number of fused-ring (bicyclic) bond motifs is 1. The van der Waals surface area contributed by atoms with Crippen molar-refractivity contribution >= 4 is 17.2 Å². The molecule has 1 aliphatic heterocycles. The van der Waals surface area contributed by atoms with Crippen LogP contribution in [0.5, 0.6) is 0 Å². The minimum absolute atomic E-state index is 0.0651. The molecule has 174 valence electrons. The van der Waals surface area contributed by atoms with E-state index in [0.717, 1.165) is 12.8 Å². The number of nitrogens with zero attached hydrogens (tertiary/aromatic N) is 5. The van der Waals surface area contributed by atoms with Crippen LogP contribution in [0.4, 0.5) is 14.6 Å². The van der Waals surface area contributed by atoms with Gasteiger partial charge in [-0.25, -0.2) is 24.1 Å². The summed E-state index contributed by atoms with van der Waals surface area (Å²) in [5.41, 5.74) is -0.764. The van der Waals surface area contributed by atoms with Crippen LogP contribution in [0.15, 0.2) is 53.0 Å². The zero-order valence-electron chi connectivity index (χ0n) is 17.9. The summed E-state index contributed by atoms with van der Waals surface area (Å²) >= 11 is 0. The fraction of sp³-hybridized carbons (Fsp3) is 0.227. The van der Waals surface area contributed by atoms with Gasteiger partial charge in [-0.2, -0.15) is 4.39 Å². The van der Waals surface area contributed by atoms with Crippen molar-refractivity contribution in [3.63, 3.8) is 0 Å². The fourth-order valence-electron chi connectivity index (χ4n) is 4.06. The lowest BCUT2D eigenvalue weighted by molar-refractivity contribution is 0.304. The Balaban J connectivity index is 1.35. The summed E-state index contributed by atoms with van der Waals surface area (Å²) in [5.74, 6) is -0.542. The minimum atomic E-state index is -1.09. The van der Waals surface area contributed by atoms with Crippen LogP contribution in [0.25, 0.3) is 22.9 Å². The van der Waals surface area contributed by atoms with Crippen LogP contribution in [0.3, 0.4) is 0 Å². The van der Waals surface area contributed by atoms with Crippen molar-refractivity contribution in [2.75, 3.05) is 18.4 Å². The largest absolute Gasteiger partial charge is 0.368 e. The third kappa shape index (κ3) is 4.05. The van der Waals surface area contributed by atoms with E-state index in [1.54, 1.807) is 28.9 Å².